The Hall–Kier alpha value is -6.11. The Labute approximate surface area is 293 Å². The molecule has 5 aromatic rings. The van der Waals surface area contributed by atoms with E-state index in [1.807, 2.05) is 0 Å². The van der Waals surface area contributed by atoms with Crippen LogP contribution in [0.5, 0.6) is 5.75 Å². The van der Waals surface area contributed by atoms with E-state index in [1.165, 1.54) is 36.4 Å². The second-order valence-electron chi connectivity index (χ2n) is 10.5. The number of aromatic hydroxyl groups is 1. The Kier molecular flexibility index (Phi) is 9.93. The molecule has 20 nitrogen and oxygen atoms in total. The van der Waals surface area contributed by atoms with Crippen LogP contribution in [0.3, 0.4) is 0 Å². The summed E-state index contributed by atoms with van der Waals surface area (Å²) in [5, 5.41) is 44.2. The average Bonchev–Trinajstić information content (AvgIpc) is 3.05. The Morgan fingerprint density at radius 1 is 0.635 bits per heavy atom. The summed E-state index contributed by atoms with van der Waals surface area (Å²) in [4.78, 5) is 7.69. The summed E-state index contributed by atoms with van der Waals surface area (Å²) < 4.78 is 102. The lowest BCUT2D eigenvalue weighted by Gasteiger charge is -2.14. The first-order chi connectivity index (χ1) is 24.3. The van der Waals surface area contributed by atoms with Crippen LogP contribution in [-0.2, 0) is 30.4 Å². The predicted octanol–water partition coefficient (Wildman–Crippen LogP) is 7.33. The Balaban J connectivity index is 1.60. The highest BCUT2D eigenvalue weighted by molar-refractivity contribution is 7.86. The van der Waals surface area contributed by atoms with Gasteiger partial charge >= 0.3 is 0 Å². The highest BCUT2D eigenvalue weighted by Crippen LogP contribution is 2.48. The molecule has 0 radical (unpaired) electrons. The van der Waals surface area contributed by atoms with Crippen molar-refractivity contribution in [1.29, 1.82) is 0 Å². The minimum Gasteiger partial charge on any atom is -0.505 e. The number of phenolic OH excluding ortho intramolecular Hbond substituents is 1. The molecule has 0 atom stereocenters. The number of nitrogen functional groups attached to an aromatic ring is 1. The number of hydrogen-bond acceptors (Lipinski definition) is 16. The third-order valence-corrected chi connectivity index (χ3v) is 9.72. The number of aryl methyl sites for hydroxylation is 1. The quantitative estimate of drug-likeness (QED) is 0.0305. The summed E-state index contributed by atoms with van der Waals surface area (Å²) in [6.07, 6.45) is 0. The van der Waals surface area contributed by atoms with Crippen LogP contribution in [0, 0.1) is 17.0 Å². The molecule has 0 fully saturated rings. The minimum atomic E-state index is -5.25. The number of hydrogen-bond donors (Lipinski definition) is 5. The Morgan fingerprint density at radius 2 is 1.19 bits per heavy atom. The number of nitro benzene ring substituents is 1. The van der Waals surface area contributed by atoms with Gasteiger partial charge in [-0.15, -0.1) is 15.3 Å². The molecular formula is C29H22N8O12S3. The standard InChI is InChI=1S/C29H22N8O12S3/c1-15-12-17(32-34-21-4-2-3-5-23(21)50(41,42)43)8-11-20(15)33-35-22-14-24(51(44,45)46)19-13-25(52(47,48)49)28(29(38)26(19)27(22)30)36-31-16-6-9-18(10-7-16)37(39)40/h2-14,38H,30H2,1H3,(H,41,42,43)(H,44,45,46)(H,47,48,49). The van der Waals surface area contributed by atoms with E-state index >= 15 is 0 Å². The smallest absolute Gasteiger partial charge is 0.296 e. The predicted molar refractivity (Wildman–Crippen MR) is 183 cm³/mol. The summed E-state index contributed by atoms with van der Waals surface area (Å²) in [5.41, 5.74) is 4.79. The third-order valence-electron chi connectivity index (χ3n) is 7.06. The van der Waals surface area contributed by atoms with Crippen LogP contribution >= 0.6 is 0 Å². The molecule has 0 saturated carbocycles. The first-order valence-corrected chi connectivity index (χ1v) is 18.3. The van der Waals surface area contributed by atoms with E-state index in [0.29, 0.717) is 11.6 Å². The van der Waals surface area contributed by atoms with Gasteiger partial charge in [0.1, 0.15) is 31.7 Å². The van der Waals surface area contributed by atoms with Gasteiger partial charge in [-0.3, -0.25) is 23.8 Å². The molecule has 0 saturated heterocycles. The number of rotatable bonds is 10. The van der Waals surface area contributed by atoms with Gasteiger partial charge in [0.25, 0.3) is 36.0 Å². The largest absolute Gasteiger partial charge is 0.505 e. The van der Waals surface area contributed by atoms with E-state index in [-0.39, 0.29) is 28.4 Å². The van der Waals surface area contributed by atoms with Crippen LogP contribution in [0.4, 0.5) is 45.5 Å². The zero-order chi connectivity index (χ0) is 38.2. The molecule has 0 aliphatic heterocycles. The van der Waals surface area contributed by atoms with E-state index in [9.17, 15) is 54.1 Å². The van der Waals surface area contributed by atoms with Gasteiger partial charge in [0.15, 0.2) is 5.75 Å². The lowest BCUT2D eigenvalue weighted by molar-refractivity contribution is -0.384. The number of nitrogens with zero attached hydrogens (tertiary/aromatic N) is 7. The van der Waals surface area contributed by atoms with Crippen molar-refractivity contribution in [3.63, 3.8) is 0 Å². The topological polar surface area (TPSA) is 327 Å². The van der Waals surface area contributed by atoms with Crippen molar-refractivity contribution in [2.75, 3.05) is 5.73 Å². The van der Waals surface area contributed by atoms with Gasteiger partial charge < -0.3 is 10.8 Å². The van der Waals surface area contributed by atoms with Gasteiger partial charge in [-0.1, -0.05) is 12.1 Å². The fraction of sp³-hybridized carbons (Fsp3) is 0.0345. The summed E-state index contributed by atoms with van der Waals surface area (Å²) in [6.45, 7) is 1.58. The molecule has 0 aliphatic carbocycles. The summed E-state index contributed by atoms with van der Waals surface area (Å²) >= 11 is 0. The maximum absolute atomic E-state index is 12.5. The van der Waals surface area contributed by atoms with Crippen molar-refractivity contribution in [3.05, 3.63) is 94.5 Å². The fourth-order valence-electron chi connectivity index (χ4n) is 4.64. The third kappa shape index (κ3) is 7.93. The van der Waals surface area contributed by atoms with E-state index in [4.69, 9.17) is 5.73 Å². The lowest BCUT2D eigenvalue weighted by atomic mass is 10.0. The number of nitro groups is 1. The molecule has 0 heterocycles. The summed E-state index contributed by atoms with van der Waals surface area (Å²) in [5.74, 6) is -1.10. The summed E-state index contributed by atoms with van der Waals surface area (Å²) in [6, 6.07) is 15.4. The molecule has 0 spiro atoms. The van der Waals surface area contributed by atoms with Crippen LogP contribution in [0.1, 0.15) is 5.56 Å². The minimum absolute atomic E-state index is 0.0497. The molecule has 5 aromatic carbocycles. The zero-order valence-corrected chi connectivity index (χ0v) is 28.4. The van der Waals surface area contributed by atoms with E-state index in [2.05, 4.69) is 30.7 Å². The van der Waals surface area contributed by atoms with E-state index in [1.54, 1.807) is 6.92 Å². The molecule has 268 valence electrons. The van der Waals surface area contributed by atoms with Crippen molar-refractivity contribution in [1.82, 2.24) is 0 Å². The number of fused-ring (bicyclic) bond motifs is 1. The van der Waals surface area contributed by atoms with Gasteiger partial charge in [-0.2, -0.15) is 40.6 Å². The number of azo groups is 3. The number of non-ortho nitro benzene ring substituents is 1. The highest BCUT2D eigenvalue weighted by Gasteiger charge is 2.28. The first kappa shape index (κ1) is 37.2. The van der Waals surface area contributed by atoms with Gasteiger partial charge in [0.2, 0.25) is 0 Å². The van der Waals surface area contributed by atoms with Crippen molar-refractivity contribution in [3.8, 4) is 5.75 Å². The normalized spacial score (nSPS) is 12.8. The van der Waals surface area contributed by atoms with Crippen molar-refractivity contribution in [2.24, 2.45) is 30.7 Å². The van der Waals surface area contributed by atoms with E-state index < -0.39 is 83.5 Å². The maximum atomic E-state index is 12.5. The number of benzene rings is 5. The Bertz CT molecular complexity index is 2720. The van der Waals surface area contributed by atoms with Crippen molar-refractivity contribution < 1.29 is 48.9 Å². The maximum Gasteiger partial charge on any atom is 0.296 e. The first-order valence-electron chi connectivity index (χ1n) is 14.0. The van der Waals surface area contributed by atoms with E-state index in [0.717, 1.165) is 36.4 Å². The van der Waals surface area contributed by atoms with Crippen molar-refractivity contribution >= 4 is 86.6 Å². The molecule has 0 aromatic heterocycles. The summed E-state index contributed by atoms with van der Waals surface area (Å²) in [7, 11) is -15.0. The molecular weight excluding hydrogens is 749 g/mol. The fourth-order valence-corrected chi connectivity index (χ4v) is 6.61. The molecule has 0 unspecified atom stereocenters. The highest BCUT2D eigenvalue weighted by atomic mass is 32.2. The number of nitrogens with two attached hydrogens (primary N) is 1. The molecule has 6 N–H and O–H groups in total. The molecule has 0 bridgehead atoms. The van der Waals surface area contributed by atoms with Gasteiger partial charge in [-0.25, -0.2) is 0 Å². The van der Waals surface area contributed by atoms with Gasteiger partial charge in [-0.05, 0) is 67.1 Å². The monoisotopic (exact) mass is 770 g/mol. The number of anilines is 1. The van der Waals surface area contributed by atoms with Crippen LogP contribution < -0.4 is 5.73 Å². The number of phenols is 1. The van der Waals surface area contributed by atoms with Crippen LogP contribution in [0.2, 0.25) is 0 Å². The molecule has 5 rings (SSSR count). The average molecular weight is 771 g/mol. The SMILES string of the molecule is Cc1cc(N=Nc2ccccc2S(=O)(=O)O)ccc1N=Nc1cc(S(=O)(=O)O)c2cc(S(=O)(=O)O)c(N=Nc3ccc([N+](=O)[O-])cc3)c(O)c2c1N. The zero-order valence-electron chi connectivity index (χ0n) is 26.0. The van der Waals surface area contributed by atoms with Crippen LogP contribution in [-0.4, -0.2) is 48.9 Å². The molecule has 0 amide bonds. The van der Waals surface area contributed by atoms with Crippen LogP contribution in [0.15, 0.2) is 124 Å². The lowest BCUT2D eigenvalue weighted by Crippen LogP contribution is -2.04. The molecule has 52 heavy (non-hydrogen) atoms. The van der Waals surface area contributed by atoms with Crippen LogP contribution in [0.25, 0.3) is 10.8 Å². The Morgan fingerprint density at radius 3 is 1.79 bits per heavy atom. The molecule has 23 heteroatoms. The van der Waals surface area contributed by atoms with Gasteiger partial charge in [0.05, 0.1) is 33.1 Å². The van der Waals surface area contributed by atoms with Crippen molar-refractivity contribution in [2.45, 2.75) is 21.6 Å². The van der Waals surface area contributed by atoms with Gasteiger partial charge in [0, 0.05) is 17.5 Å². The second kappa shape index (κ2) is 13.9. The molecule has 0 aliphatic rings. The second-order valence-corrected chi connectivity index (χ2v) is 14.7.